The van der Waals surface area contributed by atoms with Gasteiger partial charge in [0.1, 0.15) is 5.75 Å². The second-order valence-corrected chi connectivity index (χ2v) is 12.3. The Balaban J connectivity index is 1.62. The summed E-state index contributed by atoms with van der Waals surface area (Å²) in [6.45, 7) is 2.71. The van der Waals surface area contributed by atoms with Gasteiger partial charge >= 0.3 is 0 Å². The van der Waals surface area contributed by atoms with Crippen molar-refractivity contribution in [2.24, 2.45) is 0 Å². The zero-order valence-electron chi connectivity index (χ0n) is 18.3. The Hall–Kier alpha value is -2.23. The third kappa shape index (κ3) is 6.63. The highest BCUT2D eigenvalue weighted by molar-refractivity contribution is 7.92. The van der Waals surface area contributed by atoms with Gasteiger partial charge < -0.3 is 5.32 Å². The average molecular weight is 479 g/mol. The predicted octanol–water partition coefficient (Wildman–Crippen LogP) is 3.16. The fourth-order valence-corrected chi connectivity index (χ4v) is 6.49. The van der Waals surface area contributed by atoms with Crippen LogP contribution in [0.2, 0.25) is 0 Å². The predicted molar refractivity (Wildman–Crippen MR) is 126 cm³/mol. The second-order valence-electron chi connectivity index (χ2n) is 8.17. The largest absolute Gasteiger partial charge is 0.325 e. The maximum Gasteiger partial charge on any atom is 0.243 e. The normalized spacial score (nSPS) is 15.4. The molecular weight excluding hydrogens is 448 g/mol. The number of carbonyl (C=O) groups is 1. The van der Waals surface area contributed by atoms with Crippen LogP contribution in [-0.2, 0) is 31.1 Å². The monoisotopic (exact) mass is 478 g/mol. The molecule has 1 aliphatic rings. The fourth-order valence-electron chi connectivity index (χ4n) is 3.75. The third-order valence-corrected chi connectivity index (χ3v) is 9.06. The van der Waals surface area contributed by atoms with Gasteiger partial charge in [-0.15, -0.1) is 0 Å². The molecule has 2 aromatic carbocycles. The van der Waals surface area contributed by atoms with E-state index in [4.69, 9.17) is 0 Å². The van der Waals surface area contributed by atoms with Crippen LogP contribution in [0.4, 0.5) is 5.69 Å². The molecule has 1 N–H and O–H groups in total. The Kier molecular flexibility index (Phi) is 8.08. The SMILES string of the molecule is Cc1ccc(S(=O)(=O)N2CCCCC2)cc1NC(=O)CS(=O)(=O)CCCc1ccccc1. The molecule has 0 aliphatic carbocycles. The minimum Gasteiger partial charge on any atom is -0.325 e. The molecule has 1 saturated heterocycles. The van der Waals surface area contributed by atoms with Crippen molar-refractivity contribution in [2.45, 2.75) is 43.9 Å². The lowest BCUT2D eigenvalue weighted by Gasteiger charge is -2.26. The lowest BCUT2D eigenvalue weighted by Crippen LogP contribution is -2.35. The highest BCUT2D eigenvalue weighted by atomic mass is 32.2. The summed E-state index contributed by atoms with van der Waals surface area (Å²) in [5, 5.41) is 2.59. The molecule has 7 nitrogen and oxygen atoms in total. The second kappa shape index (κ2) is 10.6. The van der Waals surface area contributed by atoms with Crippen LogP contribution in [0.3, 0.4) is 0 Å². The Bertz CT molecular complexity index is 1140. The van der Waals surface area contributed by atoms with E-state index in [1.807, 2.05) is 30.3 Å². The number of anilines is 1. The first-order chi connectivity index (χ1) is 15.2. The Morgan fingerprint density at radius 2 is 1.66 bits per heavy atom. The van der Waals surface area contributed by atoms with E-state index in [1.165, 1.54) is 16.4 Å². The van der Waals surface area contributed by atoms with Crippen LogP contribution in [-0.4, -0.2) is 51.6 Å². The maximum atomic E-state index is 12.9. The molecule has 0 atom stereocenters. The number of nitrogens with zero attached hydrogens (tertiary/aromatic N) is 1. The summed E-state index contributed by atoms with van der Waals surface area (Å²) >= 11 is 0. The highest BCUT2D eigenvalue weighted by Gasteiger charge is 2.26. The molecule has 3 rings (SSSR count). The summed E-state index contributed by atoms with van der Waals surface area (Å²) in [5.74, 6) is -1.39. The Morgan fingerprint density at radius 3 is 2.34 bits per heavy atom. The molecule has 0 unspecified atom stereocenters. The van der Waals surface area contributed by atoms with Crippen LogP contribution < -0.4 is 5.32 Å². The third-order valence-electron chi connectivity index (χ3n) is 5.55. The van der Waals surface area contributed by atoms with Gasteiger partial charge in [0.05, 0.1) is 10.6 Å². The summed E-state index contributed by atoms with van der Waals surface area (Å²) in [4.78, 5) is 12.5. The van der Waals surface area contributed by atoms with E-state index >= 15 is 0 Å². The number of hydrogen-bond acceptors (Lipinski definition) is 5. The topological polar surface area (TPSA) is 101 Å². The van der Waals surface area contributed by atoms with Crippen molar-refractivity contribution in [3.8, 4) is 0 Å². The number of hydrogen-bond donors (Lipinski definition) is 1. The van der Waals surface area contributed by atoms with Gasteiger partial charge in [0, 0.05) is 18.8 Å². The van der Waals surface area contributed by atoms with E-state index in [2.05, 4.69) is 5.32 Å². The van der Waals surface area contributed by atoms with Crippen molar-refractivity contribution in [3.63, 3.8) is 0 Å². The van der Waals surface area contributed by atoms with E-state index in [1.54, 1.807) is 13.0 Å². The number of benzene rings is 2. The van der Waals surface area contributed by atoms with Crippen molar-refractivity contribution in [1.82, 2.24) is 4.31 Å². The summed E-state index contributed by atoms with van der Waals surface area (Å²) in [6, 6.07) is 14.1. The molecule has 0 spiro atoms. The van der Waals surface area contributed by atoms with E-state index in [0.717, 1.165) is 24.8 Å². The molecule has 2 aromatic rings. The van der Waals surface area contributed by atoms with Gasteiger partial charge in [-0.05, 0) is 55.9 Å². The van der Waals surface area contributed by atoms with E-state index < -0.39 is 31.5 Å². The minimum atomic E-state index is -3.65. The van der Waals surface area contributed by atoms with Crippen LogP contribution in [0.25, 0.3) is 0 Å². The van der Waals surface area contributed by atoms with E-state index in [0.29, 0.717) is 37.2 Å². The molecule has 0 radical (unpaired) electrons. The first-order valence-electron chi connectivity index (χ1n) is 10.8. The standard InChI is InChI=1S/C23H30N2O5S2/c1-19-12-13-21(32(29,30)25-14-6-3-7-15-25)17-22(19)24-23(26)18-31(27,28)16-8-11-20-9-4-2-5-10-20/h2,4-5,9-10,12-13,17H,3,6-8,11,14-16,18H2,1H3,(H,24,26). The number of sulfonamides is 1. The molecule has 1 aliphatic heterocycles. The van der Waals surface area contributed by atoms with Gasteiger partial charge in [-0.3, -0.25) is 4.79 Å². The summed E-state index contributed by atoms with van der Waals surface area (Å²) in [5.41, 5.74) is 2.03. The molecule has 1 fully saturated rings. The van der Waals surface area contributed by atoms with Crippen molar-refractivity contribution in [1.29, 1.82) is 0 Å². The van der Waals surface area contributed by atoms with Crippen LogP contribution in [0.15, 0.2) is 53.4 Å². The number of carbonyl (C=O) groups excluding carboxylic acids is 1. The first kappa shape index (κ1) is 24.4. The Labute approximate surface area is 190 Å². The number of rotatable bonds is 9. The smallest absolute Gasteiger partial charge is 0.243 e. The van der Waals surface area contributed by atoms with Gasteiger partial charge in [-0.25, -0.2) is 16.8 Å². The molecule has 32 heavy (non-hydrogen) atoms. The van der Waals surface area contributed by atoms with Gasteiger partial charge in [-0.1, -0.05) is 42.8 Å². The molecule has 1 amide bonds. The zero-order valence-corrected chi connectivity index (χ0v) is 19.9. The van der Waals surface area contributed by atoms with E-state index in [9.17, 15) is 21.6 Å². The number of piperidine rings is 1. The van der Waals surface area contributed by atoms with Crippen LogP contribution in [0.5, 0.6) is 0 Å². The van der Waals surface area contributed by atoms with Crippen molar-refractivity contribution in [2.75, 3.05) is 29.9 Å². The summed E-state index contributed by atoms with van der Waals surface area (Å²) in [6.07, 6.45) is 3.73. The lowest BCUT2D eigenvalue weighted by atomic mass is 10.1. The van der Waals surface area contributed by atoms with Gasteiger partial charge in [0.2, 0.25) is 15.9 Å². The van der Waals surface area contributed by atoms with Crippen LogP contribution >= 0.6 is 0 Å². The van der Waals surface area contributed by atoms with Crippen molar-refractivity contribution in [3.05, 3.63) is 59.7 Å². The fraction of sp³-hybridized carbons (Fsp3) is 0.435. The van der Waals surface area contributed by atoms with Crippen molar-refractivity contribution < 1.29 is 21.6 Å². The molecule has 0 bridgehead atoms. The molecule has 1 heterocycles. The molecule has 0 saturated carbocycles. The van der Waals surface area contributed by atoms with Gasteiger partial charge in [0.25, 0.3) is 0 Å². The van der Waals surface area contributed by atoms with Crippen LogP contribution in [0, 0.1) is 6.92 Å². The molecular formula is C23H30N2O5S2. The Morgan fingerprint density at radius 1 is 0.969 bits per heavy atom. The maximum absolute atomic E-state index is 12.9. The summed E-state index contributed by atoms with van der Waals surface area (Å²) < 4.78 is 52.0. The lowest BCUT2D eigenvalue weighted by molar-refractivity contribution is -0.113. The van der Waals surface area contributed by atoms with E-state index in [-0.39, 0.29) is 10.6 Å². The summed E-state index contributed by atoms with van der Waals surface area (Å²) in [7, 11) is -7.22. The van der Waals surface area contributed by atoms with Crippen LogP contribution in [0.1, 0.15) is 36.8 Å². The molecule has 9 heteroatoms. The molecule has 0 aromatic heterocycles. The van der Waals surface area contributed by atoms with Crippen molar-refractivity contribution >= 4 is 31.5 Å². The number of aryl methyl sites for hydroxylation is 2. The number of nitrogens with one attached hydrogen (secondary N) is 1. The zero-order chi connectivity index (χ0) is 23.2. The highest BCUT2D eigenvalue weighted by Crippen LogP contribution is 2.25. The minimum absolute atomic E-state index is 0.0856. The molecule has 174 valence electrons. The van der Waals surface area contributed by atoms with Gasteiger partial charge in [0.15, 0.2) is 9.84 Å². The average Bonchev–Trinajstić information content (AvgIpc) is 2.76. The first-order valence-corrected chi connectivity index (χ1v) is 14.1. The quantitative estimate of drug-likeness (QED) is 0.597. The van der Waals surface area contributed by atoms with Gasteiger partial charge in [-0.2, -0.15) is 4.31 Å². The number of amides is 1. The number of sulfone groups is 1.